The Labute approximate surface area is 183 Å². The van der Waals surface area contributed by atoms with Gasteiger partial charge in [-0.25, -0.2) is 4.39 Å². The van der Waals surface area contributed by atoms with Gasteiger partial charge in [0.2, 0.25) is 5.91 Å². The van der Waals surface area contributed by atoms with Crippen molar-refractivity contribution in [3.8, 4) is 11.8 Å². The lowest BCUT2D eigenvalue weighted by molar-refractivity contribution is -0.136. The fraction of sp³-hybridized carbons (Fsp3) is 0.423. The Bertz CT molecular complexity index is 979. The van der Waals surface area contributed by atoms with Gasteiger partial charge in [-0.3, -0.25) is 9.69 Å². The van der Waals surface area contributed by atoms with Crippen LogP contribution in [-0.2, 0) is 4.79 Å². The summed E-state index contributed by atoms with van der Waals surface area (Å²) in [5.41, 5.74) is 2.36. The molecule has 162 valence electrons. The molecule has 0 aromatic heterocycles. The Kier molecular flexibility index (Phi) is 6.70. The van der Waals surface area contributed by atoms with Crippen molar-refractivity contribution in [2.24, 2.45) is 0 Å². The standard InChI is InChI=1S/C26H29FN2O2/c1-2-25(31)28-15-5-6-16-29-23(17-28)26(24(29)18-30)21-13-10-19(11-14-21)9-12-20-7-3-4-8-22(20)27/h3-4,7-8,10-11,13-14,23-24,26,30H,2,5-6,15-18H2,1H3/t23-,24-,26+/m1/s1. The lowest BCUT2D eigenvalue weighted by Gasteiger charge is -2.57. The number of benzene rings is 2. The van der Waals surface area contributed by atoms with E-state index in [-0.39, 0.29) is 36.3 Å². The zero-order chi connectivity index (χ0) is 21.8. The Hall–Kier alpha value is -2.68. The van der Waals surface area contributed by atoms with Gasteiger partial charge in [-0.05, 0) is 49.2 Å². The third kappa shape index (κ3) is 4.51. The van der Waals surface area contributed by atoms with Gasteiger partial charge in [0.15, 0.2) is 0 Å². The van der Waals surface area contributed by atoms with Crippen LogP contribution in [0.3, 0.4) is 0 Å². The second-order valence-electron chi connectivity index (χ2n) is 8.33. The highest BCUT2D eigenvalue weighted by Gasteiger charge is 2.49. The van der Waals surface area contributed by atoms with Gasteiger partial charge in [-0.2, -0.15) is 0 Å². The number of aliphatic hydroxyl groups is 1. The summed E-state index contributed by atoms with van der Waals surface area (Å²) in [7, 11) is 0. The first-order valence-electron chi connectivity index (χ1n) is 11.1. The molecule has 31 heavy (non-hydrogen) atoms. The molecule has 2 aromatic rings. The normalized spacial score (nSPS) is 23.6. The average molecular weight is 421 g/mol. The van der Waals surface area contributed by atoms with Crippen molar-refractivity contribution in [2.75, 3.05) is 26.2 Å². The van der Waals surface area contributed by atoms with Crippen molar-refractivity contribution >= 4 is 5.91 Å². The van der Waals surface area contributed by atoms with Crippen molar-refractivity contribution in [3.63, 3.8) is 0 Å². The molecule has 1 amide bonds. The SMILES string of the molecule is CCC(=O)N1CCCCN2[C@H](CO)[C@@H](c3ccc(C#Cc4ccccc4F)cc3)[C@H]2C1. The second-order valence-corrected chi connectivity index (χ2v) is 8.33. The number of hydrogen-bond acceptors (Lipinski definition) is 3. The van der Waals surface area contributed by atoms with E-state index in [1.807, 2.05) is 24.0 Å². The molecule has 2 saturated heterocycles. The molecule has 4 nitrogen and oxygen atoms in total. The molecule has 0 bridgehead atoms. The van der Waals surface area contributed by atoms with Crippen LogP contribution in [0.15, 0.2) is 48.5 Å². The maximum Gasteiger partial charge on any atom is 0.222 e. The minimum absolute atomic E-state index is 0.0806. The van der Waals surface area contributed by atoms with Gasteiger partial charge in [-0.15, -0.1) is 0 Å². The van der Waals surface area contributed by atoms with Gasteiger partial charge in [-0.1, -0.05) is 43.0 Å². The number of halogens is 1. The number of fused-ring (bicyclic) bond motifs is 1. The van der Waals surface area contributed by atoms with E-state index in [0.717, 1.165) is 37.1 Å². The monoisotopic (exact) mass is 420 g/mol. The van der Waals surface area contributed by atoms with Crippen molar-refractivity contribution in [1.29, 1.82) is 0 Å². The highest BCUT2D eigenvalue weighted by atomic mass is 19.1. The largest absolute Gasteiger partial charge is 0.395 e. The number of carbonyl (C=O) groups is 1. The molecule has 0 aliphatic carbocycles. The zero-order valence-electron chi connectivity index (χ0n) is 17.9. The minimum atomic E-state index is -0.317. The smallest absolute Gasteiger partial charge is 0.222 e. The molecule has 2 heterocycles. The Morgan fingerprint density at radius 2 is 1.84 bits per heavy atom. The fourth-order valence-corrected chi connectivity index (χ4v) is 4.88. The summed E-state index contributed by atoms with van der Waals surface area (Å²) in [6, 6.07) is 14.8. The summed E-state index contributed by atoms with van der Waals surface area (Å²) in [6.45, 7) is 4.51. The fourth-order valence-electron chi connectivity index (χ4n) is 4.88. The number of carbonyl (C=O) groups excluding carboxylic acids is 1. The average Bonchev–Trinajstić information content (AvgIpc) is 2.78. The number of hydrogen-bond donors (Lipinski definition) is 1. The van der Waals surface area contributed by atoms with Gasteiger partial charge >= 0.3 is 0 Å². The summed E-state index contributed by atoms with van der Waals surface area (Å²) in [4.78, 5) is 16.7. The molecular formula is C26H29FN2O2. The molecule has 0 unspecified atom stereocenters. The van der Waals surface area contributed by atoms with Gasteiger partial charge < -0.3 is 10.0 Å². The molecule has 5 heteroatoms. The zero-order valence-corrected chi connectivity index (χ0v) is 17.9. The summed E-state index contributed by atoms with van der Waals surface area (Å²) in [5.74, 6) is 5.99. The molecule has 3 atom stereocenters. The van der Waals surface area contributed by atoms with Crippen LogP contribution >= 0.6 is 0 Å². The number of amides is 1. The van der Waals surface area contributed by atoms with E-state index >= 15 is 0 Å². The van der Waals surface area contributed by atoms with Gasteiger partial charge in [0.1, 0.15) is 5.82 Å². The van der Waals surface area contributed by atoms with Crippen molar-refractivity contribution in [2.45, 2.75) is 44.2 Å². The molecule has 4 rings (SSSR count). The van der Waals surface area contributed by atoms with Crippen LogP contribution in [0.1, 0.15) is 48.8 Å². The number of rotatable bonds is 3. The maximum absolute atomic E-state index is 13.8. The predicted octanol–water partition coefficient (Wildman–Crippen LogP) is 3.39. The lowest BCUT2D eigenvalue weighted by Crippen LogP contribution is -2.67. The molecule has 2 fully saturated rings. The molecule has 2 aromatic carbocycles. The van der Waals surface area contributed by atoms with E-state index in [2.05, 4.69) is 28.9 Å². The molecule has 0 saturated carbocycles. The second kappa shape index (κ2) is 9.64. The van der Waals surface area contributed by atoms with Gasteiger partial charge in [0.05, 0.1) is 12.2 Å². The van der Waals surface area contributed by atoms with Crippen LogP contribution in [0, 0.1) is 17.7 Å². The highest BCUT2D eigenvalue weighted by Crippen LogP contribution is 2.42. The molecule has 1 N–H and O–H groups in total. The first-order valence-corrected chi connectivity index (χ1v) is 11.1. The van der Waals surface area contributed by atoms with Crippen LogP contribution in [0.25, 0.3) is 0 Å². The Morgan fingerprint density at radius 1 is 1.10 bits per heavy atom. The first kappa shape index (κ1) is 21.5. The van der Waals surface area contributed by atoms with Crippen LogP contribution in [0.4, 0.5) is 4.39 Å². The molecule has 2 aliphatic rings. The maximum atomic E-state index is 13.8. The predicted molar refractivity (Wildman–Crippen MR) is 119 cm³/mol. The summed E-state index contributed by atoms with van der Waals surface area (Å²) in [5, 5.41) is 10.1. The highest BCUT2D eigenvalue weighted by molar-refractivity contribution is 5.75. The third-order valence-electron chi connectivity index (χ3n) is 6.54. The van der Waals surface area contributed by atoms with E-state index in [4.69, 9.17) is 0 Å². The van der Waals surface area contributed by atoms with Gasteiger partial charge in [0.25, 0.3) is 0 Å². The van der Waals surface area contributed by atoms with E-state index in [9.17, 15) is 14.3 Å². The van der Waals surface area contributed by atoms with E-state index in [0.29, 0.717) is 18.5 Å². The Balaban J connectivity index is 1.53. The molecule has 0 radical (unpaired) electrons. The third-order valence-corrected chi connectivity index (χ3v) is 6.54. The van der Waals surface area contributed by atoms with Crippen molar-refractivity contribution < 1.29 is 14.3 Å². The first-order chi connectivity index (χ1) is 15.1. The summed E-state index contributed by atoms with van der Waals surface area (Å²) in [6.07, 6.45) is 2.57. The van der Waals surface area contributed by atoms with E-state index in [1.165, 1.54) is 6.07 Å². The van der Waals surface area contributed by atoms with E-state index < -0.39 is 0 Å². The number of nitrogens with zero attached hydrogens (tertiary/aromatic N) is 2. The summed E-state index contributed by atoms with van der Waals surface area (Å²) >= 11 is 0. The molecule has 2 aliphatic heterocycles. The molecule has 0 spiro atoms. The topological polar surface area (TPSA) is 43.8 Å². The minimum Gasteiger partial charge on any atom is -0.395 e. The van der Waals surface area contributed by atoms with Crippen LogP contribution in [-0.4, -0.2) is 59.1 Å². The van der Waals surface area contributed by atoms with E-state index in [1.54, 1.807) is 18.2 Å². The Morgan fingerprint density at radius 3 is 2.55 bits per heavy atom. The molecular weight excluding hydrogens is 391 g/mol. The number of aliphatic hydroxyl groups excluding tert-OH is 1. The van der Waals surface area contributed by atoms with Crippen molar-refractivity contribution in [3.05, 3.63) is 71.0 Å². The lowest BCUT2D eigenvalue weighted by atomic mass is 9.74. The van der Waals surface area contributed by atoms with Crippen LogP contribution in [0.2, 0.25) is 0 Å². The summed E-state index contributed by atoms with van der Waals surface area (Å²) < 4.78 is 13.8. The quantitative estimate of drug-likeness (QED) is 0.775. The van der Waals surface area contributed by atoms with Crippen molar-refractivity contribution in [1.82, 2.24) is 9.80 Å². The van der Waals surface area contributed by atoms with Crippen LogP contribution in [0.5, 0.6) is 0 Å². The van der Waals surface area contributed by atoms with Gasteiger partial charge in [0, 0.05) is 43.1 Å². The van der Waals surface area contributed by atoms with Crippen LogP contribution < -0.4 is 0 Å².